The maximum absolute atomic E-state index is 13.0. The number of rotatable bonds is 16. The Labute approximate surface area is 766 Å². The van der Waals surface area contributed by atoms with Crippen molar-refractivity contribution in [2.24, 2.45) is 10.8 Å². The maximum atomic E-state index is 13.0. The zero-order chi connectivity index (χ0) is 81.5. The van der Waals surface area contributed by atoms with Crippen molar-refractivity contribution in [2.75, 3.05) is 20.3 Å². The van der Waals surface area contributed by atoms with Gasteiger partial charge >= 0.3 is 35.0 Å². The SMILES string of the molecule is C1CCOC1.CC(C)(C)C(=O)OC(Cc1ccccc1)c1cc2sc3cc4c(cc3c2s1)sc1cc(C(Cc2ccccc2)OC(=O)C(C)(C)C)sc14.COc1cc2sc3cc4c(cc3c2s1)sc1cc(C=O)sc14.OC(Cc1ccccc1)c1cc2sc3cc4c(cc3c2s1)sc1cc(C(O)Cc2ccccc2)sc14.[CH2-]c1ccccc1.[Cl-].[Mg+2]. The molecule has 1 saturated heterocycles. The number of aliphatic hydroxyl groups is 2. The number of hydrogen-bond acceptors (Lipinski definition) is 21. The third kappa shape index (κ3) is 19.4. The predicted octanol–water partition coefficient (Wildman–Crippen LogP) is 27.0. The summed E-state index contributed by atoms with van der Waals surface area (Å²) in [5.41, 5.74) is 4.50. The standard InChI is InChI=1S/C40H38O4S4.C30H22O2S4.C16H8O2S4.C7H7.C4H8O.ClH.Mg/c1-39(2,3)37(41)43-27(17-23-13-9-7-10-14-23)31-21-33-35(47-31)25-19-30-26(20-29(25)45-33)36-34(46-30)22-32(48-36)28(44-38(42)40(4,5)6)18-24-15-11-8-12-16-24;31-21(11-17-7-3-1-4-8-17)25-15-27-29(35-25)19-13-24-20(14-23(19)33-27)30-28(34-24)16-26(36-30)22(32)12-18-9-5-2-6-10-18;1-18-14-5-13-16(22-14)9-4-10-8(3-11(9)21-13)15-12(20-10)2-7(6-17)19-15;1-7-5-3-2-4-6-7;1-2-4-5-3-1;;/h7-16,19-22,27-28H,17-18H2,1-6H3;1-10,13-16,21-22,31-32H,11-12H2;2-6H,1H3;2-6H,1H2;1-4H2;1H;/q;;;-1;;;+2/p-1. The fourth-order valence-corrected chi connectivity index (χ4v) is 29.1. The van der Waals surface area contributed by atoms with Gasteiger partial charge in [0.1, 0.15) is 12.2 Å². The molecule has 23 heteroatoms. The van der Waals surface area contributed by atoms with Gasteiger partial charge in [0.15, 0.2) is 11.3 Å². The molecule has 0 spiro atoms. The number of methoxy groups -OCH3 is 1. The molecular weight excluding hydrogens is 1750 g/mol. The Morgan fingerprint density at radius 1 is 0.383 bits per heavy atom. The van der Waals surface area contributed by atoms with Gasteiger partial charge in [0, 0.05) is 148 Å². The van der Waals surface area contributed by atoms with Gasteiger partial charge in [0.25, 0.3) is 0 Å². The Morgan fingerprint density at radius 3 is 0.958 bits per heavy atom. The fourth-order valence-electron chi connectivity index (χ4n) is 14.2. The van der Waals surface area contributed by atoms with Gasteiger partial charge in [-0.2, -0.15) is 24.6 Å². The van der Waals surface area contributed by atoms with Crippen LogP contribution in [0.1, 0.15) is 136 Å². The van der Waals surface area contributed by atoms with Crippen LogP contribution in [0.3, 0.4) is 0 Å². The molecule has 12 aromatic heterocycles. The minimum absolute atomic E-state index is 0. The van der Waals surface area contributed by atoms with E-state index in [-0.39, 0.29) is 59.6 Å². The summed E-state index contributed by atoms with van der Waals surface area (Å²) in [4.78, 5) is 42.0. The van der Waals surface area contributed by atoms with Crippen molar-refractivity contribution >= 4 is 294 Å². The molecule has 1 aliphatic heterocycles. The Balaban J connectivity index is 0.000000136. The summed E-state index contributed by atoms with van der Waals surface area (Å²) < 4.78 is 45.3. The van der Waals surface area contributed by atoms with E-state index < -0.39 is 23.0 Å². The molecule has 4 unspecified atom stereocenters. The molecule has 13 heterocycles. The first kappa shape index (κ1) is 87.4. The molecule has 0 bridgehead atoms. The summed E-state index contributed by atoms with van der Waals surface area (Å²) in [6.45, 7) is 17.1. The minimum atomic E-state index is -0.580. The van der Waals surface area contributed by atoms with Crippen LogP contribution in [0, 0.1) is 17.8 Å². The van der Waals surface area contributed by atoms with Gasteiger partial charge in [-0.3, -0.25) is 14.4 Å². The summed E-state index contributed by atoms with van der Waals surface area (Å²) in [6, 6.07) is 77.5. The second-order valence-corrected chi connectivity index (χ2v) is 44.3. The molecule has 2 N–H and O–H groups in total. The van der Waals surface area contributed by atoms with E-state index in [0.717, 1.165) is 76.8 Å². The number of esters is 2. The number of carbonyl (C=O) groups is 3. The van der Waals surface area contributed by atoms with Gasteiger partial charge in [-0.25, -0.2) is 0 Å². The van der Waals surface area contributed by atoms with Crippen LogP contribution in [-0.4, -0.2) is 71.8 Å². The number of carbonyl (C=O) groups excluding carboxylic acids is 3. The number of hydrogen-bond donors (Lipinski definition) is 2. The molecule has 1 aliphatic rings. The monoisotopic (exact) mass is 1830 g/mol. The fraction of sp³-hybridized carbons (Fsp3) is 0.216. The third-order valence-electron chi connectivity index (χ3n) is 20.4. The Hall–Kier alpha value is -7.50. The van der Waals surface area contributed by atoms with Crippen molar-refractivity contribution in [2.45, 2.75) is 104 Å². The van der Waals surface area contributed by atoms with E-state index in [1.807, 2.05) is 185 Å². The normalized spacial score (nSPS) is 13.4. The summed E-state index contributed by atoms with van der Waals surface area (Å²) in [6.07, 6.45) is 4.39. The van der Waals surface area contributed by atoms with Gasteiger partial charge in [-0.1, -0.05) is 139 Å². The van der Waals surface area contributed by atoms with Gasteiger partial charge in [0.2, 0.25) is 0 Å². The molecule has 606 valence electrons. The van der Waals surface area contributed by atoms with Crippen molar-refractivity contribution in [3.63, 3.8) is 0 Å². The molecule has 120 heavy (non-hydrogen) atoms. The molecule has 0 saturated carbocycles. The summed E-state index contributed by atoms with van der Waals surface area (Å²) >= 11 is 21.0. The van der Waals surface area contributed by atoms with E-state index in [0.29, 0.717) is 25.7 Å². The van der Waals surface area contributed by atoms with Crippen LogP contribution in [-0.2, 0) is 49.5 Å². The van der Waals surface area contributed by atoms with E-state index >= 15 is 0 Å². The molecule has 8 aromatic carbocycles. The molecule has 9 nitrogen and oxygen atoms in total. The van der Waals surface area contributed by atoms with Crippen LogP contribution in [0.25, 0.3) is 117 Å². The zero-order valence-corrected chi connectivity index (χ0v) is 78.8. The number of ether oxygens (including phenoxy) is 4. The Bertz CT molecular complexity index is 6650. The number of halogens is 1. The van der Waals surface area contributed by atoms with Crippen molar-refractivity contribution in [3.8, 4) is 5.06 Å². The van der Waals surface area contributed by atoms with E-state index in [1.54, 1.807) is 109 Å². The quantitative estimate of drug-likeness (QED) is 0.0420. The van der Waals surface area contributed by atoms with Crippen molar-refractivity contribution in [1.82, 2.24) is 0 Å². The van der Waals surface area contributed by atoms with E-state index in [4.69, 9.17) is 18.9 Å². The minimum Gasteiger partial charge on any atom is -1.00 e. The van der Waals surface area contributed by atoms with Gasteiger partial charge in [0.05, 0.1) is 67.9 Å². The molecule has 0 aliphatic carbocycles. The number of benzene rings is 8. The van der Waals surface area contributed by atoms with Crippen LogP contribution in [0.5, 0.6) is 5.06 Å². The van der Waals surface area contributed by atoms with E-state index in [9.17, 15) is 24.6 Å². The third-order valence-corrected chi connectivity index (χ3v) is 35.0. The first-order valence-electron chi connectivity index (χ1n) is 39.0. The Morgan fingerprint density at radius 2 is 0.667 bits per heavy atom. The second-order valence-electron chi connectivity index (χ2n) is 31.3. The van der Waals surface area contributed by atoms with Gasteiger partial charge < -0.3 is 41.6 Å². The van der Waals surface area contributed by atoms with Crippen LogP contribution < -0.4 is 17.1 Å². The van der Waals surface area contributed by atoms with Crippen LogP contribution in [0.15, 0.2) is 224 Å². The number of aldehydes is 1. The number of thiophene rings is 12. The predicted molar refractivity (Wildman–Crippen MR) is 520 cm³/mol. The van der Waals surface area contributed by atoms with Crippen molar-refractivity contribution < 1.29 is 56.0 Å². The molecule has 0 radical (unpaired) electrons. The molecule has 0 amide bonds. The van der Waals surface area contributed by atoms with E-state index in [1.165, 1.54) is 130 Å². The number of aliphatic hydroxyl groups excluding tert-OH is 2. The number of fused-ring (bicyclic) bond motifs is 18. The topological polar surface area (TPSA) is 129 Å². The first-order chi connectivity index (χ1) is 57.1. The maximum Gasteiger partial charge on any atom is 2.00 e. The summed E-state index contributed by atoms with van der Waals surface area (Å²) in [7, 11) is 1.72. The smallest absolute Gasteiger partial charge is 1.00 e. The summed E-state index contributed by atoms with van der Waals surface area (Å²) in [5.74, 6) is -0.382. The largest absolute Gasteiger partial charge is 2.00 e. The van der Waals surface area contributed by atoms with Crippen LogP contribution in [0.4, 0.5) is 0 Å². The Kier molecular flexibility index (Phi) is 27.6. The first-order valence-corrected chi connectivity index (χ1v) is 48.8. The average Bonchev–Trinajstić information content (AvgIpc) is 1.58. The molecule has 1 fully saturated rings. The molecular formula is C97H83ClMgO9S12. The van der Waals surface area contributed by atoms with Gasteiger partial charge in [-0.05, 0) is 143 Å². The van der Waals surface area contributed by atoms with Gasteiger partial charge in [-0.15, -0.1) is 137 Å². The average molecular weight is 1840 g/mol. The second kappa shape index (κ2) is 37.9. The van der Waals surface area contributed by atoms with Crippen molar-refractivity contribution in [1.29, 1.82) is 0 Å². The molecule has 4 atom stereocenters. The zero-order valence-electron chi connectivity index (χ0n) is 66.8. The van der Waals surface area contributed by atoms with Crippen LogP contribution >= 0.6 is 136 Å². The molecule has 20 aromatic rings. The molecule has 21 rings (SSSR count). The van der Waals surface area contributed by atoms with Crippen LogP contribution in [0.2, 0.25) is 0 Å². The van der Waals surface area contributed by atoms with Crippen molar-refractivity contribution in [3.05, 3.63) is 284 Å². The summed E-state index contributed by atoms with van der Waals surface area (Å²) in [5, 5.41) is 30.3. The van der Waals surface area contributed by atoms with E-state index in [2.05, 4.69) is 122 Å².